The quantitative estimate of drug-likeness (QED) is 0.240. The van der Waals surface area contributed by atoms with Crippen molar-refractivity contribution in [2.75, 3.05) is 6.54 Å². The van der Waals surface area contributed by atoms with Crippen LogP contribution in [0.4, 0.5) is 31.1 Å². The van der Waals surface area contributed by atoms with E-state index in [0.717, 1.165) is 4.90 Å². The number of imide groups is 1. The molecule has 0 saturated carbocycles. The van der Waals surface area contributed by atoms with E-state index in [1.165, 1.54) is 25.2 Å². The van der Waals surface area contributed by atoms with Crippen LogP contribution in [0.2, 0.25) is 0 Å². The topological polar surface area (TPSA) is 101 Å². The third-order valence-electron chi connectivity index (χ3n) is 7.29. The van der Waals surface area contributed by atoms with Gasteiger partial charge in [-0.2, -0.15) is 26.3 Å². The minimum atomic E-state index is -6.08. The van der Waals surface area contributed by atoms with Gasteiger partial charge in [-0.15, -0.1) is 0 Å². The first-order chi connectivity index (χ1) is 20.9. The number of benzene rings is 1. The van der Waals surface area contributed by atoms with Crippen LogP contribution in [0, 0.1) is 5.92 Å². The van der Waals surface area contributed by atoms with E-state index in [0.29, 0.717) is 23.8 Å². The summed E-state index contributed by atoms with van der Waals surface area (Å²) < 4.78 is 91.9. The maximum absolute atomic E-state index is 13.5. The van der Waals surface area contributed by atoms with Gasteiger partial charge in [0, 0.05) is 29.8 Å². The minimum absolute atomic E-state index is 0.0374. The highest BCUT2D eigenvalue weighted by molar-refractivity contribution is 6.07. The summed E-state index contributed by atoms with van der Waals surface area (Å²) in [5.74, 6) is -0.503. The number of aromatic nitrogens is 1. The van der Waals surface area contributed by atoms with Gasteiger partial charge in [0.25, 0.3) is 11.5 Å². The summed E-state index contributed by atoms with van der Waals surface area (Å²) in [4.78, 5) is 31.1. The second-order valence-electron chi connectivity index (χ2n) is 11.1. The monoisotopic (exact) mass is 639 g/mol. The number of carbonyl (C=O) groups excluding carboxylic acids is 2. The van der Waals surface area contributed by atoms with Gasteiger partial charge in [-0.05, 0) is 70.0 Å². The maximum atomic E-state index is 13.5. The first-order valence-corrected chi connectivity index (χ1v) is 13.9. The van der Waals surface area contributed by atoms with Gasteiger partial charge < -0.3 is 19.9 Å². The number of urea groups is 1. The second kappa shape index (κ2) is 12.2. The molecule has 8 nitrogen and oxygen atoms in total. The molecule has 1 saturated heterocycles. The van der Waals surface area contributed by atoms with E-state index in [1.54, 1.807) is 43.3 Å². The Morgan fingerprint density at radius 3 is 2.36 bits per heavy atom. The minimum Gasteiger partial charge on any atom is -0.491 e. The van der Waals surface area contributed by atoms with Crippen LogP contribution in [0.25, 0.3) is 6.08 Å². The summed E-state index contributed by atoms with van der Waals surface area (Å²) in [6.45, 7) is 6.79. The average Bonchev–Trinajstić information content (AvgIpc) is 3.16. The van der Waals surface area contributed by atoms with Crippen molar-refractivity contribution in [1.82, 2.24) is 15.2 Å². The van der Waals surface area contributed by atoms with E-state index >= 15 is 0 Å². The third kappa shape index (κ3) is 6.56. The zero-order valence-corrected chi connectivity index (χ0v) is 24.7. The van der Waals surface area contributed by atoms with Crippen LogP contribution in [0.5, 0.6) is 11.6 Å². The molecule has 0 spiro atoms. The fourth-order valence-electron chi connectivity index (χ4n) is 4.99. The molecule has 0 bridgehead atoms. The van der Waals surface area contributed by atoms with Gasteiger partial charge in [-0.25, -0.2) is 9.78 Å². The molecule has 14 heteroatoms. The molecule has 1 aromatic heterocycles. The summed E-state index contributed by atoms with van der Waals surface area (Å²) in [5, 5.41) is 12.5. The van der Waals surface area contributed by atoms with E-state index in [-0.39, 0.29) is 36.0 Å². The Labute approximate surface area is 255 Å². The van der Waals surface area contributed by atoms with Crippen molar-refractivity contribution in [2.24, 2.45) is 5.92 Å². The maximum Gasteiger partial charge on any atom is 0.430 e. The summed E-state index contributed by atoms with van der Waals surface area (Å²) in [6.07, 6.45) is -4.24. The molecule has 2 aromatic rings. The van der Waals surface area contributed by atoms with Gasteiger partial charge >= 0.3 is 18.4 Å². The van der Waals surface area contributed by atoms with Gasteiger partial charge in [0.15, 0.2) is 0 Å². The molecule has 2 heterocycles. The highest BCUT2D eigenvalue weighted by atomic mass is 19.4. The summed E-state index contributed by atoms with van der Waals surface area (Å²) in [5.41, 5.74) is -7.72. The number of hydrogen-bond acceptors (Lipinski definition) is 6. The molecule has 0 radical (unpaired) electrons. The number of halogens is 6. The first-order valence-electron chi connectivity index (χ1n) is 13.9. The number of aliphatic hydroxyl groups is 1. The van der Waals surface area contributed by atoms with Crippen molar-refractivity contribution >= 4 is 18.0 Å². The molecule has 2 aliphatic rings. The lowest BCUT2D eigenvalue weighted by Gasteiger charge is -2.32. The number of alkyl halides is 6. The number of ether oxygens (including phenoxy) is 2. The molecular formula is C31H31F6N3O5. The Kier molecular flexibility index (Phi) is 9.11. The lowest BCUT2D eigenvalue weighted by molar-refractivity contribution is -0.376. The smallest absolute Gasteiger partial charge is 0.430 e. The Hall–Kier alpha value is -4.33. The van der Waals surface area contributed by atoms with Crippen molar-refractivity contribution in [2.45, 2.75) is 63.7 Å². The van der Waals surface area contributed by atoms with Crippen LogP contribution in [0.1, 0.15) is 50.8 Å². The van der Waals surface area contributed by atoms with Gasteiger partial charge in [0.1, 0.15) is 17.0 Å². The number of nitrogens with zero attached hydrogens (tertiary/aromatic N) is 2. The molecule has 3 amide bonds. The fourth-order valence-corrected chi connectivity index (χ4v) is 4.99. The van der Waals surface area contributed by atoms with Crippen LogP contribution in [-0.2, 0) is 15.9 Å². The largest absolute Gasteiger partial charge is 0.491 e. The van der Waals surface area contributed by atoms with E-state index < -0.39 is 46.9 Å². The molecule has 1 aromatic carbocycles. The Balaban J connectivity index is 1.54. The van der Waals surface area contributed by atoms with Gasteiger partial charge in [0.05, 0.1) is 6.10 Å². The van der Waals surface area contributed by atoms with Crippen molar-refractivity contribution in [3.63, 3.8) is 0 Å². The predicted octanol–water partition coefficient (Wildman–Crippen LogP) is 6.52. The van der Waals surface area contributed by atoms with E-state index in [9.17, 15) is 41.0 Å². The molecule has 242 valence electrons. The fraction of sp³-hybridized carbons (Fsp3) is 0.387. The highest BCUT2D eigenvalue weighted by Gasteiger charge is 2.71. The van der Waals surface area contributed by atoms with Crippen molar-refractivity contribution in [3.8, 4) is 11.6 Å². The van der Waals surface area contributed by atoms with E-state index in [2.05, 4.69) is 10.3 Å². The highest BCUT2D eigenvalue weighted by Crippen LogP contribution is 2.50. The van der Waals surface area contributed by atoms with Crippen LogP contribution < -0.4 is 14.8 Å². The lowest BCUT2D eigenvalue weighted by atomic mass is 9.91. The van der Waals surface area contributed by atoms with Crippen molar-refractivity contribution < 1.29 is 50.5 Å². The molecule has 1 fully saturated rings. The molecular weight excluding hydrogens is 608 g/mol. The van der Waals surface area contributed by atoms with Crippen LogP contribution in [-0.4, -0.2) is 51.9 Å². The number of pyridine rings is 1. The molecule has 1 aliphatic carbocycles. The van der Waals surface area contributed by atoms with E-state index in [1.807, 2.05) is 13.8 Å². The molecule has 4 rings (SSSR count). The Bertz CT molecular complexity index is 1520. The molecule has 2 N–H and O–H groups in total. The summed E-state index contributed by atoms with van der Waals surface area (Å²) in [7, 11) is 0. The zero-order valence-electron chi connectivity index (χ0n) is 24.7. The number of nitrogens with one attached hydrogen (secondary N) is 1. The van der Waals surface area contributed by atoms with Crippen molar-refractivity contribution in [1.29, 1.82) is 0 Å². The molecule has 45 heavy (non-hydrogen) atoms. The standard InChI is InChI=1S/C31H31F6N3O5/c1-5-7-20-15-22(29(43,30(32,33)34)31(35,36)37)16-38-25(20)45-24-9-6-8-19(14-24)17-40-26(41)28(4,39-27(40)42)21-10-12-23(13-11-21)44-18(2)3/h5-7,9-16,18-19,43H,8,17H2,1-4H3,(H,39,42)/b7-5+/t19-,28?/m0/s1. The lowest BCUT2D eigenvalue weighted by Crippen LogP contribution is -2.54. The van der Waals surface area contributed by atoms with Crippen LogP contribution >= 0.6 is 0 Å². The SMILES string of the molecule is C/C=C/c1cc(C(O)(C(F)(F)F)C(F)(F)F)cnc1OC1=C[C@@H](CN2C(=O)NC(C)(c3ccc(OC(C)C)cc3)C2=O)CC=C1. The number of hydrogen-bond donors (Lipinski definition) is 2. The van der Waals surface area contributed by atoms with Crippen LogP contribution in [0.15, 0.2) is 66.6 Å². The average molecular weight is 640 g/mol. The Morgan fingerprint density at radius 2 is 1.78 bits per heavy atom. The predicted molar refractivity (Wildman–Crippen MR) is 151 cm³/mol. The third-order valence-corrected chi connectivity index (χ3v) is 7.29. The normalized spacial score (nSPS) is 21.0. The Morgan fingerprint density at radius 1 is 1.13 bits per heavy atom. The van der Waals surface area contributed by atoms with Crippen molar-refractivity contribution in [3.05, 3.63) is 83.3 Å². The molecule has 1 aliphatic heterocycles. The summed E-state index contributed by atoms with van der Waals surface area (Å²) in [6, 6.07) is 6.69. The van der Waals surface area contributed by atoms with Gasteiger partial charge in [-0.1, -0.05) is 30.4 Å². The number of rotatable bonds is 9. The number of allylic oxidation sites excluding steroid dienone is 3. The zero-order chi connectivity index (χ0) is 33.4. The molecule has 2 atom stereocenters. The van der Waals surface area contributed by atoms with E-state index in [4.69, 9.17) is 9.47 Å². The van der Waals surface area contributed by atoms with Gasteiger partial charge in [-0.3, -0.25) is 9.69 Å². The van der Waals surface area contributed by atoms with Gasteiger partial charge in [0.2, 0.25) is 5.88 Å². The second-order valence-corrected chi connectivity index (χ2v) is 11.1. The number of amides is 3. The number of carbonyl (C=O) groups is 2. The molecule has 1 unspecified atom stereocenters. The summed E-state index contributed by atoms with van der Waals surface area (Å²) >= 11 is 0. The first kappa shape index (κ1) is 33.6. The van der Waals surface area contributed by atoms with Crippen LogP contribution in [0.3, 0.4) is 0 Å².